The van der Waals surface area contributed by atoms with E-state index in [-0.39, 0.29) is 11.6 Å². The average molecular weight is 444 g/mol. The molecular weight excluding hydrogens is 417 g/mol. The molecule has 0 spiro atoms. The van der Waals surface area contributed by atoms with E-state index in [1.54, 1.807) is 18.3 Å². The summed E-state index contributed by atoms with van der Waals surface area (Å²) in [6.07, 6.45) is 3.72. The van der Waals surface area contributed by atoms with Crippen LogP contribution in [-0.4, -0.2) is 32.9 Å². The highest BCUT2D eigenvalue weighted by Crippen LogP contribution is 2.31. The number of fused-ring (bicyclic) bond motifs is 1. The lowest BCUT2D eigenvalue weighted by atomic mass is 10.1. The molecule has 6 nitrogen and oxygen atoms in total. The van der Waals surface area contributed by atoms with Gasteiger partial charge in [0.25, 0.3) is 5.91 Å². The minimum Gasteiger partial charge on any atom is -0.367 e. The zero-order valence-corrected chi connectivity index (χ0v) is 18.7. The quantitative estimate of drug-likeness (QED) is 0.414. The molecule has 0 saturated heterocycles. The molecule has 5 rings (SSSR count). The van der Waals surface area contributed by atoms with Crippen LogP contribution in [0.2, 0.25) is 0 Å². The van der Waals surface area contributed by atoms with Crippen molar-refractivity contribution in [3.8, 4) is 22.5 Å². The number of anilines is 1. The molecule has 2 aromatic heterocycles. The van der Waals surface area contributed by atoms with Crippen LogP contribution >= 0.6 is 0 Å². The molecule has 1 amide bonds. The highest BCUT2D eigenvalue weighted by Gasteiger charge is 2.24. The van der Waals surface area contributed by atoms with Crippen molar-refractivity contribution in [3.63, 3.8) is 0 Å². The summed E-state index contributed by atoms with van der Waals surface area (Å²) < 4.78 is 17.3. The molecule has 33 heavy (non-hydrogen) atoms. The largest absolute Gasteiger partial charge is 0.367 e. The van der Waals surface area contributed by atoms with Crippen LogP contribution in [-0.2, 0) is 0 Å². The number of carbonyl (C=O) groups excluding carboxylic acids is 1. The fourth-order valence-corrected chi connectivity index (χ4v) is 3.72. The van der Waals surface area contributed by atoms with Crippen molar-refractivity contribution in [2.75, 3.05) is 11.9 Å². The molecule has 168 valence electrons. The Kier molecular flexibility index (Phi) is 5.54. The summed E-state index contributed by atoms with van der Waals surface area (Å²) >= 11 is 0. The monoisotopic (exact) mass is 443 g/mol. The van der Waals surface area contributed by atoms with Gasteiger partial charge in [-0.25, -0.2) is 9.97 Å². The molecule has 0 aliphatic heterocycles. The minimum absolute atomic E-state index is 0.0795. The van der Waals surface area contributed by atoms with Crippen molar-refractivity contribution in [3.05, 3.63) is 72.3 Å². The number of imidazole rings is 1. The molecule has 0 radical (unpaired) electrons. The van der Waals surface area contributed by atoms with Crippen molar-refractivity contribution >= 4 is 17.4 Å². The van der Waals surface area contributed by atoms with Crippen LogP contribution in [0.3, 0.4) is 0 Å². The van der Waals surface area contributed by atoms with E-state index in [4.69, 9.17) is 0 Å². The van der Waals surface area contributed by atoms with Gasteiger partial charge >= 0.3 is 0 Å². The van der Waals surface area contributed by atoms with E-state index in [1.807, 2.05) is 42.5 Å². The second kappa shape index (κ2) is 8.65. The summed E-state index contributed by atoms with van der Waals surface area (Å²) in [6.45, 7) is 4.89. The molecule has 0 unspecified atom stereocenters. The molecule has 1 saturated carbocycles. The number of rotatable bonds is 7. The highest BCUT2D eigenvalue weighted by atomic mass is 19.1. The number of carbonyl (C=O) groups is 1. The smallest absolute Gasteiger partial charge is 0.251 e. The third-order valence-electron chi connectivity index (χ3n) is 5.67. The first kappa shape index (κ1) is 21.1. The maximum Gasteiger partial charge on any atom is 0.251 e. The number of hydrogen-bond donors (Lipinski definition) is 2. The number of nitrogens with zero attached hydrogens (tertiary/aromatic N) is 3. The van der Waals surface area contributed by atoms with Gasteiger partial charge in [0.1, 0.15) is 5.69 Å². The number of hydrogen-bond acceptors (Lipinski definition) is 4. The second-order valence-electron chi connectivity index (χ2n) is 8.87. The van der Waals surface area contributed by atoms with Gasteiger partial charge < -0.3 is 10.6 Å². The lowest BCUT2D eigenvalue weighted by Crippen LogP contribution is -2.25. The van der Waals surface area contributed by atoms with Crippen LogP contribution < -0.4 is 10.6 Å². The average Bonchev–Trinajstić information content (AvgIpc) is 3.53. The van der Waals surface area contributed by atoms with E-state index in [0.717, 1.165) is 18.4 Å². The first-order valence-corrected chi connectivity index (χ1v) is 11.3. The van der Waals surface area contributed by atoms with E-state index in [0.29, 0.717) is 46.8 Å². The van der Waals surface area contributed by atoms with E-state index in [9.17, 15) is 4.79 Å². The zero-order chi connectivity index (χ0) is 22.9. The van der Waals surface area contributed by atoms with E-state index in [1.165, 1.54) is 4.40 Å². The molecule has 1 fully saturated rings. The van der Waals surface area contributed by atoms with Gasteiger partial charge in [0, 0.05) is 29.3 Å². The Morgan fingerprint density at radius 1 is 1.09 bits per heavy atom. The van der Waals surface area contributed by atoms with Crippen molar-refractivity contribution in [2.24, 2.45) is 5.92 Å². The second-order valence-corrected chi connectivity index (χ2v) is 8.87. The van der Waals surface area contributed by atoms with E-state index in [2.05, 4.69) is 34.4 Å². The number of amides is 1. The first-order chi connectivity index (χ1) is 16.0. The summed E-state index contributed by atoms with van der Waals surface area (Å²) in [7, 11) is 0. The molecule has 0 atom stereocenters. The van der Waals surface area contributed by atoms with Gasteiger partial charge in [-0.15, -0.1) is 0 Å². The molecule has 2 aromatic carbocycles. The third kappa shape index (κ3) is 4.31. The summed E-state index contributed by atoms with van der Waals surface area (Å²) in [5, 5.41) is 6.31. The van der Waals surface area contributed by atoms with Crippen LogP contribution in [0, 0.1) is 11.9 Å². The van der Waals surface area contributed by atoms with Gasteiger partial charge in [-0.1, -0.05) is 56.3 Å². The highest BCUT2D eigenvalue weighted by molar-refractivity contribution is 5.95. The Labute approximate surface area is 191 Å². The molecule has 2 N–H and O–H groups in total. The number of nitrogens with one attached hydrogen (secondary N) is 2. The summed E-state index contributed by atoms with van der Waals surface area (Å²) in [4.78, 5) is 21.4. The minimum atomic E-state index is -0.477. The fraction of sp³-hybridized carbons (Fsp3) is 0.269. The lowest BCUT2D eigenvalue weighted by molar-refractivity contribution is 0.0951. The van der Waals surface area contributed by atoms with Crippen molar-refractivity contribution < 1.29 is 9.18 Å². The van der Waals surface area contributed by atoms with Crippen molar-refractivity contribution in [1.29, 1.82) is 0 Å². The van der Waals surface area contributed by atoms with Crippen LogP contribution in [0.4, 0.5) is 10.2 Å². The molecule has 1 aliphatic rings. The topological polar surface area (TPSA) is 71.3 Å². The molecule has 1 aliphatic carbocycles. The zero-order valence-electron chi connectivity index (χ0n) is 18.7. The van der Waals surface area contributed by atoms with Gasteiger partial charge in [0.2, 0.25) is 5.95 Å². The van der Waals surface area contributed by atoms with E-state index < -0.39 is 5.95 Å². The summed E-state index contributed by atoms with van der Waals surface area (Å²) in [5.41, 5.74) is 3.34. The van der Waals surface area contributed by atoms with Crippen molar-refractivity contribution in [1.82, 2.24) is 19.7 Å². The number of aromatic nitrogens is 3. The maximum absolute atomic E-state index is 15.8. The standard InChI is InChI=1S/C26H26FN5O/c1-16(2)14-28-24-25-29-15-21(17-8-10-19(11-9-17)26(33)30-20-12-13-20)32(25)23(27)22(31-24)18-6-4-3-5-7-18/h3-11,15-16,20H,12-14H2,1-2H3,(H,28,31)(H,30,33). The molecule has 0 bridgehead atoms. The van der Waals surface area contributed by atoms with Crippen LogP contribution in [0.1, 0.15) is 37.0 Å². The normalized spacial score (nSPS) is 13.5. The van der Waals surface area contributed by atoms with Crippen molar-refractivity contribution in [2.45, 2.75) is 32.7 Å². The lowest BCUT2D eigenvalue weighted by Gasteiger charge is -2.14. The Hall–Kier alpha value is -3.74. The van der Waals surface area contributed by atoms with Gasteiger partial charge in [-0.3, -0.25) is 9.20 Å². The van der Waals surface area contributed by atoms with Gasteiger partial charge in [0.15, 0.2) is 11.5 Å². The SMILES string of the molecule is CC(C)CNc1nc(-c2ccccc2)c(F)n2c(-c3ccc(C(=O)NC4CC4)cc3)cnc12. The fourth-order valence-electron chi connectivity index (χ4n) is 3.72. The first-order valence-electron chi connectivity index (χ1n) is 11.3. The number of halogens is 1. The van der Waals surface area contributed by atoms with Crippen LogP contribution in [0.25, 0.3) is 28.2 Å². The van der Waals surface area contributed by atoms with Crippen LogP contribution in [0.5, 0.6) is 0 Å². The molecule has 7 heteroatoms. The van der Waals surface area contributed by atoms with Gasteiger partial charge in [-0.05, 0) is 30.9 Å². The Morgan fingerprint density at radius 2 is 1.82 bits per heavy atom. The maximum atomic E-state index is 15.8. The Balaban J connectivity index is 1.59. The number of benzene rings is 2. The third-order valence-corrected chi connectivity index (χ3v) is 5.67. The molecule has 2 heterocycles. The predicted molar refractivity (Wildman–Crippen MR) is 128 cm³/mol. The van der Waals surface area contributed by atoms with Gasteiger partial charge in [0.05, 0.1) is 11.9 Å². The predicted octanol–water partition coefficient (Wildman–Crippen LogP) is 5.16. The Morgan fingerprint density at radius 3 is 2.48 bits per heavy atom. The van der Waals surface area contributed by atoms with Crippen LogP contribution in [0.15, 0.2) is 60.8 Å². The molecule has 4 aromatic rings. The summed E-state index contributed by atoms with van der Waals surface area (Å²) in [5.74, 6) is 0.370. The molecular formula is C26H26FN5O. The van der Waals surface area contributed by atoms with E-state index >= 15 is 4.39 Å². The summed E-state index contributed by atoms with van der Waals surface area (Å²) in [6, 6.07) is 16.8. The Bertz CT molecular complexity index is 1290. The van der Waals surface area contributed by atoms with Gasteiger partial charge in [-0.2, -0.15) is 4.39 Å².